The van der Waals surface area contributed by atoms with Crippen LogP contribution in [0.15, 0.2) is 35.6 Å². The van der Waals surface area contributed by atoms with Gasteiger partial charge in [0.05, 0.1) is 17.7 Å². The molecule has 3 aromatic heterocycles. The normalized spacial score (nSPS) is 13.1. The number of rotatable bonds is 3. The van der Waals surface area contributed by atoms with Gasteiger partial charge in [0.1, 0.15) is 39.3 Å². The number of hydrogen-bond acceptors (Lipinski definition) is 7. The van der Waals surface area contributed by atoms with Gasteiger partial charge in [-0.1, -0.05) is 6.07 Å². The number of ether oxygens (including phenoxy) is 1. The molecule has 0 saturated heterocycles. The molecule has 0 radical (unpaired) electrons. The van der Waals surface area contributed by atoms with Crippen molar-refractivity contribution < 1.29 is 4.74 Å². The summed E-state index contributed by atoms with van der Waals surface area (Å²) in [7, 11) is 1.97. The molecule has 1 aliphatic heterocycles. The fraction of sp³-hybridized carbons (Fsp3) is 0.263. The quantitative estimate of drug-likeness (QED) is 0.545. The first-order valence-electron chi connectivity index (χ1n) is 8.79. The first-order valence-corrected chi connectivity index (χ1v) is 9.61. The Kier molecular flexibility index (Phi) is 3.61. The van der Waals surface area contributed by atoms with Gasteiger partial charge < -0.3 is 9.64 Å². The summed E-state index contributed by atoms with van der Waals surface area (Å²) in [5.41, 5.74) is 2.48. The Morgan fingerprint density at radius 1 is 1.30 bits per heavy atom. The van der Waals surface area contributed by atoms with Crippen molar-refractivity contribution in [2.75, 3.05) is 25.1 Å². The molecular weight excluding hydrogens is 362 g/mol. The molecule has 136 valence electrons. The van der Waals surface area contributed by atoms with Gasteiger partial charge in [0.15, 0.2) is 0 Å². The van der Waals surface area contributed by atoms with Crippen molar-refractivity contribution in [1.82, 2.24) is 19.5 Å². The lowest BCUT2D eigenvalue weighted by atomic mass is 10.1. The average molecular weight is 379 g/mol. The molecule has 5 rings (SSSR count). The van der Waals surface area contributed by atoms with E-state index in [9.17, 15) is 4.79 Å². The van der Waals surface area contributed by atoms with Gasteiger partial charge in [0, 0.05) is 26.1 Å². The molecule has 0 unspecified atom stereocenters. The zero-order chi connectivity index (χ0) is 18.5. The molecule has 0 aliphatic carbocycles. The molecule has 0 atom stereocenters. The van der Waals surface area contributed by atoms with E-state index >= 15 is 0 Å². The molecule has 1 aromatic carbocycles. The number of nitrogens with zero attached hydrogens (tertiary/aromatic N) is 5. The van der Waals surface area contributed by atoms with Crippen molar-refractivity contribution in [3.63, 3.8) is 0 Å². The second-order valence-corrected chi connectivity index (χ2v) is 7.48. The number of hydrogen-bond donors (Lipinski definition) is 0. The van der Waals surface area contributed by atoms with E-state index in [1.54, 1.807) is 10.9 Å². The SMILES string of the molecule is CCN(C)c1ncnc2sc3c(=O)n(-c4ccc5c(c4)OCC5)cnc3c12. The van der Waals surface area contributed by atoms with E-state index in [0.29, 0.717) is 16.8 Å². The molecule has 0 amide bonds. The minimum Gasteiger partial charge on any atom is -0.493 e. The lowest BCUT2D eigenvalue weighted by molar-refractivity contribution is 0.356. The van der Waals surface area contributed by atoms with Crippen molar-refractivity contribution in [2.45, 2.75) is 13.3 Å². The lowest BCUT2D eigenvalue weighted by Gasteiger charge is -2.15. The summed E-state index contributed by atoms with van der Waals surface area (Å²) < 4.78 is 7.78. The third-order valence-corrected chi connectivity index (χ3v) is 6.03. The second kappa shape index (κ2) is 6.02. The first kappa shape index (κ1) is 16.2. The van der Waals surface area contributed by atoms with E-state index in [2.05, 4.69) is 21.9 Å². The van der Waals surface area contributed by atoms with Crippen LogP contribution >= 0.6 is 11.3 Å². The highest BCUT2D eigenvalue weighted by atomic mass is 32.1. The minimum atomic E-state index is -0.106. The standard InChI is InChI=1S/C19H17N5O2S/c1-3-23(2)17-14-15-16(27-18(14)21-9-20-17)19(25)24(10-22-15)12-5-4-11-6-7-26-13(11)8-12/h4-5,8-10H,3,6-7H2,1-2H3. The number of fused-ring (bicyclic) bond motifs is 4. The number of aromatic nitrogens is 4. The maximum Gasteiger partial charge on any atom is 0.275 e. The summed E-state index contributed by atoms with van der Waals surface area (Å²) in [4.78, 5) is 29.4. The maximum atomic E-state index is 13.2. The molecule has 4 heterocycles. The summed E-state index contributed by atoms with van der Waals surface area (Å²) >= 11 is 1.36. The Morgan fingerprint density at radius 2 is 2.19 bits per heavy atom. The van der Waals surface area contributed by atoms with E-state index in [1.807, 2.05) is 30.1 Å². The topological polar surface area (TPSA) is 73.1 Å². The van der Waals surface area contributed by atoms with E-state index in [0.717, 1.165) is 40.4 Å². The summed E-state index contributed by atoms with van der Waals surface area (Å²) in [6.45, 7) is 3.54. The highest BCUT2D eigenvalue weighted by molar-refractivity contribution is 7.25. The van der Waals surface area contributed by atoms with Crippen molar-refractivity contribution in [2.24, 2.45) is 0 Å². The zero-order valence-electron chi connectivity index (χ0n) is 15.0. The lowest BCUT2D eigenvalue weighted by Crippen LogP contribution is -2.19. The third kappa shape index (κ3) is 2.40. The highest BCUT2D eigenvalue weighted by Crippen LogP contribution is 2.34. The van der Waals surface area contributed by atoms with Crippen LogP contribution in [-0.4, -0.2) is 39.7 Å². The van der Waals surface area contributed by atoms with E-state index in [1.165, 1.54) is 23.2 Å². The van der Waals surface area contributed by atoms with Gasteiger partial charge >= 0.3 is 0 Å². The summed E-state index contributed by atoms with van der Waals surface area (Å²) in [5, 5.41) is 0.836. The predicted octanol–water partition coefficient (Wildman–Crippen LogP) is 2.78. The van der Waals surface area contributed by atoms with Crippen LogP contribution in [0.3, 0.4) is 0 Å². The van der Waals surface area contributed by atoms with Gasteiger partial charge in [-0.05, 0) is 18.6 Å². The molecule has 7 nitrogen and oxygen atoms in total. The molecule has 0 fully saturated rings. The smallest absolute Gasteiger partial charge is 0.275 e. The van der Waals surface area contributed by atoms with Crippen LogP contribution in [0, 0.1) is 0 Å². The molecule has 0 bridgehead atoms. The van der Waals surface area contributed by atoms with Gasteiger partial charge in [-0.2, -0.15) is 0 Å². The van der Waals surface area contributed by atoms with E-state index in [4.69, 9.17) is 4.74 Å². The van der Waals surface area contributed by atoms with Crippen LogP contribution in [0.5, 0.6) is 5.75 Å². The molecule has 4 aromatic rings. The van der Waals surface area contributed by atoms with Gasteiger partial charge in [-0.15, -0.1) is 11.3 Å². The third-order valence-electron chi connectivity index (χ3n) is 4.95. The molecule has 0 saturated carbocycles. The Morgan fingerprint density at radius 3 is 3.04 bits per heavy atom. The molecule has 1 aliphatic rings. The summed E-state index contributed by atoms with van der Waals surface area (Å²) in [6, 6.07) is 5.85. The van der Waals surface area contributed by atoms with E-state index < -0.39 is 0 Å². The Hall–Kier alpha value is -3.00. The van der Waals surface area contributed by atoms with Crippen LogP contribution in [0.4, 0.5) is 5.82 Å². The van der Waals surface area contributed by atoms with Crippen LogP contribution in [0.2, 0.25) is 0 Å². The second-order valence-electron chi connectivity index (χ2n) is 6.48. The van der Waals surface area contributed by atoms with Crippen molar-refractivity contribution in [1.29, 1.82) is 0 Å². The Bertz CT molecular complexity index is 1250. The van der Waals surface area contributed by atoms with Gasteiger partial charge in [0.2, 0.25) is 0 Å². The highest BCUT2D eigenvalue weighted by Gasteiger charge is 2.19. The number of anilines is 1. The van der Waals surface area contributed by atoms with Gasteiger partial charge in [-0.3, -0.25) is 9.36 Å². The first-order chi connectivity index (χ1) is 13.2. The fourth-order valence-electron chi connectivity index (χ4n) is 3.38. The van der Waals surface area contributed by atoms with E-state index in [-0.39, 0.29) is 5.56 Å². The molecule has 0 spiro atoms. The monoisotopic (exact) mass is 379 g/mol. The van der Waals surface area contributed by atoms with Crippen molar-refractivity contribution in [3.8, 4) is 11.4 Å². The largest absolute Gasteiger partial charge is 0.493 e. The van der Waals surface area contributed by atoms with Crippen LogP contribution in [-0.2, 0) is 6.42 Å². The van der Waals surface area contributed by atoms with Crippen molar-refractivity contribution in [3.05, 3.63) is 46.8 Å². The Labute approximate surface area is 158 Å². The zero-order valence-corrected chi connectivity index (χ0v) is 15.8. The molecule has 0 N–H and O–H groups in total. The van der Waals surface area contributed by atoms with Crippen LogP contribution in [0.25, 0.3) is 26.1 Å². The predicted molar refractivity (Wildman–Crippen MR) is 106 cm³/mol. The number of benzene rings is 1. The summed E-state index contributed by atoms with van der Waals surface area (Å²) in [5.74, 6) is 1.64. The van der Waals surface area contributed by atoms with Gasteiger partial charge in [-0.25, -0.2) is 15.0 Å². The molecular formula is C19H17N5O2S. The molecule has 27 heavy (non-hydrogen) atoms. The minimum absolute atomic E-state index is 0.106. The van der Waals surface area contributed by atoms with Crippen molar-refractivity contribution >= 4 is 37.6 Å². The Balaban J connectivity index is 1.75. The number of thiophene rings is 1. The van der Waals surface area contributed by atoms with Gasteiger partial charge in [0.25, 0.3) is 5.56 Å². The van der Waals surface area contributed by atoms with Crippen LogP contribution < -0.4 is 15.2 Å². The molecule has 8 heteroatoms. The summed E-state index contributed by atoms with van der Waals surface area (Å²) in [6.07, 6.45) is 4.02. The maximum absolute atomic E-state index is 13.2. The fourth-order valence-corrected chi connectivity index (χ4v) is 4.40. The van der Waals surface area contributed by atoms with Crippen LogP contribution in [0.1, 0.15) is 12.5 Å². The average Bonchev–Trinajstić information content (AvgIpc) is 3.31.